The molecule has 0 bridgehead atoms. The van der Waals surface area contributed by atoms with Crippen LogP contribution in [0.25, 0.3) is 0 Å². The summed E-state index contributed by atoms with van der Waals surface area (Å²) in [5.74, 6) is -0.327. The maximum atomic E-state index is 11.0. The average molecular weight is 191 g/mol. The van der Waals surface area contributed by atoms with Crippen LogP contribution in [0.5, 0.6) is 0 Å². The van der Waals surface area contributed by atoms with Crippen LogP contribution in [0.15, 0.2) is 18.2 Å². The van der Waals surface area contributed by atoms with Crippen molar-refractivity contribution in [2.45, 2.75) is 6.92 Å². The summed E-state index contributed by atoms with van der Waals surface area (Å²) in [6, 6.07) is 5.08. The number of aryl methyl sites for hydroxylation is 1. The number of hydrogen-bond donors (Lipinski definition) is 2. The summed E-state index contributed by atoms with van der Waals surface area (Å²) in [4.78, 5) is 21.5. The Morgan fingerprint density at radius 3 is 2.86 bits per heavy atom. The minimum atomic E-state index is -0.327. The lowest BCUT2D eigenvalue weighted by Crippen LogP contribution is -2.22. The molecule has 0 aliphatic carbocycles. The summed E-state index contributed by atoms with van der Waals surface area (Å²) in [6.07, 6.45) is 1.75. The second-order valence-corrected chi connectivity index (χ2v) is 2.90. The van der Waals surface area contributed by atoms with Gasteiger partial charge in [-0.15, -0.1) is 0 Å². The van der Waals surface area contributed by atoms with E-state index >= 15 is 0 Å². The number of anilines is 1. The van der Waals surface area contributed by atoms with Crippen LogP contribution in [0, 0.1) is 6.92 Å². The number of rotatable bonds is 3. The van der Waals surface area contributed by atoms with E-state index < -0.39 is 0 Å². The fourth-order valence-electron chi connectivity index (χ4n) is 1.05. The topological polar surface area (TPSA) is 72.2 Å². The zero-order chi connectivity index (χ0) is 10.6. The number of carbonyl (C=O) groups is 1. The van der Waals surface area contributed by atoms with Gasteiger partial charge in [-0.25, -0.2) is 0 Å². The van der Waals surface area contributed by atoms with Crippen LogP contribution in [0.1, 0.15) is 11.1 Å². The van der Waals surface area contributed by atoms with E-state index in [4.69, 9.17) is 5.73 Å². The summed E-state index contributed by atoms with van der Waals surface area (Å²) in [6.45, 7) is 1.76. The molecule has 0 heterocycles. The Balaban J connectivity index is 2.98. The number of carbonyl (C=O) groups excluding carboxylic acids is 2. The number of amides is 1. The molecule has 3 N–H and O–H groups in total. The third kappa shape index (κ3) is 2.40. The molecule has 14 heavy (non-hydrogen) atoms. The molecule has 0 atom stereocenters. The molecule has 0 aliphatic heterocycles. The van der Waals surface area contributed by atoms with Crippen LogP contribution in [-0.2, 0) is 9.59 Å². The van der Waals surface area contributed by atoms with Crippen molar-refractivity contribution in [2.75, 3.05) is 11.9 Å². The van der Waals surface area contributed by atoms with E-state index in [0.29, 0.717) is 11.3 Å². The predicted octanol–water partition coefficient (Wildman–Crippen LogP) is 0.350. The lowest BCUT2D eigenvalue weighted by atomic mass is 10.1. The first-order chi connectivity index (χ1) is 6.67. The lowest BCUT2D eigenvalue weighted by Gasteiger charge is -2.06. The second kappa shape index (κ2) is 4.53. The van der Waals surface area contributed by atoms with Crippen LogP contribution in [-0.4, -0.2) is 18.7 Å². The molecule has 73 valence electrons. The van der Waals surface area contributed by atoms with Crippen LogP contribution in [0.2, 0.25) is 0 Å². The largest absolute Gasteiger partial charge is 0.324 e. The minimum Gasteiger partial charge on any atom is -0.324 e. The van der Waals surface area contributed by atoms with Gasteiger partial charge in [0, 0.05) is 5.56 Å². The van der Waals surface area contributed by atoms with E-state index in [2.05, 4.69) is 5.32 Å². The molecule has 0 aliphatic rings. The van der Waals surface area contributed by atoms with Gasteiger partial charge in [0.2, 0.25) is 12.2 Å². The maximum Gasteiger partial charge on any atom is 0.238 e. The molecule has 0 saturated heterocycles. The van der Waals surface area contributed by atoms with E-state index in [1.807, 2.05) is 6.92 Å². The Hall–Kier alpha value is -1.68. The van der Waals surface area contributed by atoms with Crippen molar-refractivity contribution in [3.05, 3.63) is 29.3 Å². The van der Waals surface area contributed by atoms with Gasteiger partial charge in [0.1, 0.15) is 0 Å². The van der Waals surface area contributed by atoms with E-state index in [1.54, 1.807) is 24.5 Å². The van der Waals surface area contributed by atoms with Gasteiger partial charge in [-0.3, -0.25) is 9.59 Å². The predicted molar refractivity (Wildman–Crippen MR) is 53.7 cm³/mol. The first-order valence-electron chi connectivity index (χ1n) is 4.16. The fourth-order valence-corrected chi connectivity index (χ4v) is 1.05. The molecule has 0 unspecified atom stereocenters. The standard InChI is InChI=1S/C10H11N2O2/c1-7-2-3-8(6-13)9(4-7)12-10(14)5-11/h2-4H,5,11H2,1H3,(H,12,14). The molecule has 1 amide bonds. The molecule has 0 fully saturated rings. The Morgan fingerprint density at radius 1 is 1.57 bits per heavy atom. The number of benzene rings is 1. The van der Waals surface area contributed by atoms with Crippen molar-refractivity contribution in [1.29, 1.82) is 0 Å². The average Bonchev–Trinajstić information content (AvgIpc) is 2.18. The molecule has 1 aromatic rings. The Bertz CT molecular complexity index is 361. The highest BCUT2D eigenvalue weighted by Crippen LogP contribution is 2.15. The normalized spacial score (nSPS) is 9.57. The van der Waals surface area contributed by atoms with Gasteiger partial charge in [0.05, 0.1) is 12.2 Å². The molecule has 0 saturated carbocycles. The van der Waals surface area contributed by atoms with Crippen LogP contribution in [0.3, 0.4) is 0 Å². The molecule has 0 aromatic heterocycles. The SMILES string of the molecule is Cc1ccc([C]=O)c(NC(=O)CN)c1. The van der Waals surface area contributed by atoms with Crippen molar-refractivity contribution in [1.82, 2.24) is 0 Å². The van der Waals surface area contributed by atoms with Crippen molar-refractivity contribution in [2.24, 2.45) is 5.73 Å². The van der Waals surface area contributed by atoms with E-state index in [-0.39, 0.29) is 12.5 Å². The van der Waals surface area contributed by atoms with Crippen LogP contribution >= 0.6 is 0 Å². The third-order valence-corrected chi connectivity index (χ3v) is 1.74. The monoisotopic (exact) mass is 191 g/mol. The first-order valence-corrected chi connectivity index (χ1v) is 4.16. The Kier molecular flexibility index (Phi) is 3.36. The van der Waals surface area contributed by atoms with Crippen LogP contribution < -0.4 is 11.1 Å². The van der Waals surface area contributed by atoms with Crippen molar-refractivity contribution >= 4 is 17.9 Å². The third-order valence-electron chi connectivity index (χ3n) is 1.74. The first kappa shape index (κ1) is 10.4. The van der Waals surface area contributed by atoms with Gasteiger partial charge in [-0.2, -0.15) is 0 Å². The van der Waals surface area contributed by atoms with Crippen molar-refractivity contribution in [3.63, 3.8) is 0 Å². The van der Waals surface area contributed by atoms with Crippen LogP contribution in [0.4, 0.5) is 5.69 Å². The minimum absolute atomic E-state index is 0.105. The zero-order valence-corrected chi connectivity index (χ0v) is 7.83. The summed E-state index contributed by atoms with van der Waals surface area (Å²) in [7, 11) is 0. The van der Waals surface area contributed by atoms with Crippen molar-refractivity contribution in [3.8, 4) is 0 Å². The number of hydrogen-bond acceptors (Lipinski definition) is 3. The molecular formula is C10H11N2O2. The molecule has 1 radical (unpaired) electrons. The summed E-state index contributed by atoms with van der Waals surface area (Å²) >= 11 is 0. The number of nitrogens with one attached hydrogen (secondary N) is 1. The van der Waals surface area contributed by atoms with Gasteiger partial charge < -0.3 is 11.1 Å². The molecule has 4 nitrogen and oxygen atoms in total. The molecule has 1 aromatic carbocycles. The Morgan fingerprint density at radius 2 is 2.29 bits per heavy atom. The smallest absolute Gasteiger partial charge is 0.238 e. The fraction of sp³-hybridized carbons (Fsp3) is 0.200. The zero-order valence-electron chi connectivity index (χ0n) is 7.83. The summed E-state index contributed by atoms with van der Waals surface area (Å²) in [5, 5.41) is 2.53. The van der Waals surface area contributed by atoms with Crippen molar-refractivity contribution < 1.29 is 9.59 Å². The maximum absolute atomic E-state index is 11.0. The molecular weight excluding hydrogens is 180 g/mol. The van der Waals surface area contributed by atoms with Gasteiger partial charge in [0.25, 0.3) is 0 Å². The highest BCUT2D eigenvalue weighted by atomic mass is 16.1. The van der Waals surface area contributed by atoms with Gasteiger partial charge in [-0.1, -0.05) is 6.07 Å². The highest BCUT2D eigenvalue weighted by molar-refractivity contribution is 5.97. The van der Waals surface area contributed by atoms with Gasteiger partial charge in [0.15, 0.2) is 0 Å². The van der Waals surface area contributed by atoms with E-state index in [0.717, 1.165) is 5.56 Å². The summed E-state index contributed by atoms with van der Waals surface area (Å²) < 4.78 is 0. The van der Waals surface area contributed by atoms with E-state index in [1.165, 1.54) is 0 Å². The molecule has 0 spiro atoms. The summed E-state index contributed by atoms with van der Waals surface area (Å²) in [5.41, 5.74) is 6.88. The highest BCUT2D eigenvalue weighted by Gasteiger charge is 2.05. The van der Waals surface area contributed by atoms with E-state index in [9.17, 15) is 9.59 Å². The molecule has 4 heteroatoms. The second-order valence-electron chi connectivity index (χ2n) is 2.90. The Labute approximate surface area is 82.1 Å². The molecule has 1 rings (SSSR count). The lowest BCUT2D eigenvalue weighted by molar-refractivity contribution is -0.114. The quantitative estimate of drug-likeness (QED) is 0.724. The van der Waals surface area contributed by atoms with Gasteiger partial charge >= 0.3 is 0 Å². The number of nitrogens with two attached hydrogens (primary N) is 1. The van der Waals surface area contributed by atoms with Gasteiger partial charge in [-0.05, 0) is 24.6 Å².